The van der Waals surface area contributed by atoms with Gasteiger partial charge in [-0.1, -0.05) is 42.5 Å². The summed E-state index contributed by atoms with van der Waals surface area (Å²) in [5.74, 6) is -0.498. The van der Waals surface area contributed by atoms with Crippen LogP contribution in [0, 0.1) is 12.9 Å². The van der Waals surface area contributed by atoms with Gasteiger partial charge in [0.1, 0.15) is 6.61 Å². The topological polar surface area (TPSA) is 51.2 Å². The number of aromatic nitrogens is 1. The summed E-state index contributed by atoms with van der Waals surface area (Å²) in [5.41, 5.74) is 2.27. The van der Waals surface area contributed by atoms with E-state index in [0.29, 0.717) is 18.5 Å². The van der Waals surface area contributed by atoms with E-state index in [4.69, 9.17) is 4.74 Å². The number of hydrogen-bond acceptors (Lipinski definition) is 3. The van der Waals surface area contributed by atoms with Gasteiger partial charge in [0, 0.05) is 18.3 Å². The first-order valence-electron chi connectivity index (χ1n) is 7.38. The third-order valence-electron chi connectivity index (χ3n) is 3.09. The van der Waals surface area contributed by atoms with Gasteiger partial charge in [0.25, 0.3) is 0 Å². The lowest BCUT2D eigenvalue weighted by molar-refractivity contribution is 0.140. The van der Waals surface area contributed by atoms with Crippen LogP contribution in [0.2, 0.25) is 0 Å². The standard InChI is InChI=1S/C18H19FN2O2/c1-14-11-16(17(19)21-12-14)9-5-6-10-20-18(22)23-13-15-7-3-2-4-8-15/h2-5,7-9,11-12H,6,10,13H2,1H3,(H,20,22). The minimum atomic E-state index is -0.498. The van der Waals surface area contributed by atoms with Crippen molar-refractivity contribution in [3.63, 3.8) is 0 Å². The zero-order chi connectivity index (χ0) is 16.5. The van der Waals surface area contributed by atoms with Crippen LogP contribution >= 0.6 is 0 Å². The van der Waals surface area contributed by atoms with Gasteiger partial charge in [-0.2, -0.15) is 4.39 Å². The molecule has 0 saturated heterocycles. The van der Waals surface area contributed by atoms with Crippen molar-refractivity contribution in [3.8, 4) is 0 Å². The zero-order valence-corrected chi connectivity index (χ0v) is 13.0. The van der Waals surface area contributed by atoms with Crippen LogP contribution in [0.25, 0.3) is 6.08 Å². The predicted molar refractivity (Wildman–Crippen MR) is 87.2 cm³/mol. The molecule has 0 radical (unpaired) electrons. The Bertz CT molecular complexity index is 672. The average molecular weight is 314 g/mol. The number of hydrogen-bond donors (Lipinski definition) is 1. The predicted octanol–water partition coefficient (Wildman–Crippen LogP) is 3.86. The van der Waals surface area contributed by atoms with E-state index in [9.17, 15) is 9.18 Å². The normalized spacial score (nSPS) is 10.7. The summed E-state index contributed by atoms with van der Waals surface area (Å²) in [6, 6.07) is 11.2. The van der Waals surface area contributed by atoms with Crippen LogP contribution in [-0.4, -0.2) is 17.6 Å². The first-order valence-corrected chi connectivity index (χ1v) is 7.38. The number of amides is 1. The Morgan fingerprint density at radius 3 is 2.91 bits per heavy atom. The van der Waals surface area contributed by atoms with Crippen LogP contribution in [-0.2, 0) is 11.3 Å². The third-order valence-corrected chi connectivity index (χ3v) is 3.09. The fourth-order valence-electron chi connectivity index (χ4n) is 1.93. The minimum Gasteiger partial charge on any atom is -0.445 e. The highest BCUT2D eigenvalue weighted by Crippen LogP contribution is 2.09. The Hall–Kier alpha value is -2.69. The maximum atomic E-state index is 13.4. The second-order valence-electron chi connectivity index (χ2n) is 5.07. The van der Waals surface area contributed by atoms with Gasteiger partial charge in [-0.3, -0.25) is 0 Å². The lowest BCUT2D eigenvalue weighted by Crippen LogP contribution is -2.24. The number of nitrogens with zero attached hydrogens (tertiary/aromatic N) is 1. The van der Waals surface area contributed by atoms with Crippen LogP contribution in [0.5, 0.6) is 0 Å². The molecule has 0 atom stereocenters. The van der Waals surface area contributed by atoms with Crippen LogP contribution in [0.1, 0.15) is 23.1 Å². The van der Waals surface area contributed by atoms with E-state index in [2.05, 4.69) is 10.3 Å². The second-order valence-corrected chi connectivity index (χ2v) is 5.07. The van der Waals surface area contributed by atoms with Crippen molar-refractivity contribution in [1.82, 2.24) is 10.3 Å². The summed E-state index contributed by atoms with van der Waals surface area (Å²) in [7, 11) is 0. The fourth-order valence-corrected chi connectivity index (χ4v) is 1.93. The van der Waals surface area contributed by atoms with Gasteiger partial charge in [0.15, 0.2) is 0 Å². The van der Waals surface area contributed by atoms with Crippen LogP contribution < -0.4 is 5.32 Å². The Morgan fingerprint density at radius 2 is 2.13 bits per heavy atom. The SMILES string of the molecule is Cc1cnc(F)c(C=CCCNC(=O)OCc2ccccc2)c1. The van der Waals surface area contributed by atoms with Crippen molar-refractivity contribution < 1.29 is 13.9 Å². The number of nitrogens with one attached hydrogen (secondary N) is 1. The number of halogens is 1. The number of aryl methyl sites for hydroxylation is 1. The third kappa shape index (κ3) is 5.90. The number of carbonyl (C=O) groups is 1. The van der Waals surface area contributed by atoms with E-state index in [-0.39, 0.29) is 6.61 Å². The molecular formula is C18H19FN2O2. The highest BCUT2D eigenvalue weighted by Gasteiger charge is 2.01. The van der Waals surface area contributed by atoms with E-state index in [1.54, 1.807) is 18.2 Å². The molecule has 0 saturated carbocycles. The van der Waals surface area contributed by atoms with E-state index < -0.39 is 12.0 Å². The van der Waals surface area contributed by atoms with E-state index >= 15 is 0 Å². The van der Waals surface area contributed by atoms with E-state index in [1.165, 1.54) is 6.20 Å². The number of ether oxygens (including phenoxy) is 1. The molecule has 1 aromatic carbocycles. The van der Waals surface area contributed by atoms with Crippen molar-refractivity contribution in [1.29, 1.82) is 0 Å². The van der Waals surface area contributed by atoms with Crippen molar-refractivity contribution >= 4 is 12.2 Å². The molecule has 4 nitrogen and oxygen atoms in total. The number of alkyl carbamates (subject to hydrolysis) is 1. The van der Waals surface area contributed by atoms with Gasteiger partial charge in [-0.05, 0) is 30.5 Å². The molecule has 2 aromatic rings. The largest absolute Gasteiger partial charge is 0.445 e. The fraction of sp³-hybridized carbons (Fsp3) is 0.222. The average Bonchev–Trinajstić information content (AvgIpc) is 2.56. The van der Waals surface area contributed by atoms with Crippen molar-refractivity contribution in [3.05, 3.63) is 71.3 Å². The summed E-state index contributed by atoms with van der Waals surface area (Å²) in [6.45, 7) is 2.52. The molecule has 0 unspecified atom stereocenters. The molecule has 0 aliphatic carbocycles. The molecule has 5 heteroatoms. The summed E-state index contributed by atoms with van der Waals surface area (Å²) >= 11 is 0. The summed E-state index contributed by atoms with van der Waals surface area (Å²) < 4.78 is 18.5. The molecule has 0 fully saturated rings. The molecule has 0 bridgehead atoms. The van der Waals surface area contributed by atoms with E-state index in [0.717, 1.165) is 11.1 Å². The number of rotatable bonds is 6. The number of benzene rings is 1. The molecule has 0 spiro atoms. The van der Waals surface area contributed by atoms with Crippen LogP contribution in [0.15, 0.2) is 48.7 Å². The smallest absolute Gasteiger partial charge is 0.407 e. The Morgan fingerprint density at radius 1 is 1.35 bits per heavy atom. The van der Waals surface area contributed by atoms with Crippen molar-refractivity contribution in [2.45, 2.75) is 20.0 Å². The molecule has 120 valence electrons. The molecule has 1 heterocycles. The maximum absolute atomic E-state index is 13.4. The van der Waals surface area contributed by atoms with Gasteiger partial charge in [-0.15, -0.1) is 0 Å². The molecule has 2 rings (SSSR count). The van der Waals surface area contributed by atoms with E-state index in [1.807, 2.05) is 37.3 Å². The summed E-state index contributed by atoms with van der Waals surface area (Å²) in [6.07, 6.45) is 5.04. The van der Waals surface area contributed by atoms with Crippen molar-refractivity contribution in [2.75, 3.05) is 6.54 Å². The summed E-state index contributed by atoms with van der Waals surface area (Å²) in [5, 5.41) is 2.64. The maximum Gasteiger partial charge on any atom is 0.407 e. The molecule has 1 N–H and O–H groups in total. The highest BCUT2D eigenvalue weighted by molar-refractivity contribution is 5.67. The van der Waals surface area contributed by atoms with Crippen LogP contribution in [0.4, 0.5) is 9.18 Å². The molecule has 0 aliphatic heterocycles. The second kappa shape index (κ2) is 8.68. The van der Waals surface area contributed by atoms with Gasteiger partial charge < -0.3 is 10.1 Å². The summed E-state index contributed by atoms with van der Waals surface area (Å²) in [4.78, 5) is 15.2. The number of carbonyl (C=O) groups excluding carboxylic acids is 1. The molecule has 1 aromatic heterocycles. The number of pyridine rings is 1. The Labute approximate surface area is 135 Å². The quantitative estimate of drug-likeness (QED) is 0.650. The molecule has 1 amide bonds. The molecule has 23 heavy (non-hydrogen) atoms. The Balaban J connectivity index is 1.67. The minimum absolute atomic E-state index is 0.239. The van der Waals surface area contributed by atoms with Gasteiger partial charge >= 0.3 is 6.09 Å². The Kier molecular flexibility index (Phi) is 6.29. The first kappa shape index (κ1) is 16.7. The van der Waals surface area contributed by atoms with Gasteiger partial charge in [0.2, 0.25) is 5.95 Å². The zero-order valence-electron chi connectivity index (χ0n) is 13.0. The van der Waals surface area contributed by atoms with Crippen LogP contribution in [0.3, 0.4) is 0 Å². The first-order chi connectivity index (χ1) is 11.1. The molecule has 0 aliphatic rings. The monoisotopic (exact) mass is 314 g/mol. The van der Waals surface area contributed by atoms with Gasteiger partial charge in [-0.25, -0.2) is 9.78 Å². The lowest BCUT2D eigenvalue weighted by Gasteiger charge is -2.05. The van der Waals surface area contributed by atoms with Crippen molar-refractivity contribution in [2.24, 2.45) is 0 Å². The van der Waals surface area contributed by atoms with Gasteiger partial charge in [0.05, 0.1) is 0 Å². The lowest BCUT2D eigenvalue weighted by atomic mass is 10.2. The highest BCUT2D eigenvalue weighted by atomic mass is 19.1. The molecular weight excluding hydrogens is 295 g/mol.